The quantitative estimate of drug-likeness (QED) is 0.641. The van der Waals surface area contributed by atoms with Gasteiger partial charge in [-0.3, -0.25) is 9.59 Å². The van der Waals surface area contributed by atoms with E-state index < -0.39 is 0 Å². The van der Waals surface area contributed by atoms with E-state index in [1.54, 1.807) is 6.08 Å². The number of likely N-dealkylation sites (tertiary alicyclic amines) is 2. The van der Waals surface area contributed by atoms with E-state index in [9.17, 15) is 9.59 Å². The van der Waals surface area contributed by atoms with Crippen molar-refractivity contribution < 1.29 is 9.59 Å². The minimum absolute atomic E-state index is 0.0646. The van der Waals surface area contributed by atoms with Crippen LogP contribution in [0.2, 0.25) is 0 Å². The van der Waals surface area contributed by atoms with Crippen molar-refractivity contribution in [1.82, 2.24) is 9.80 Å². The first-order chi connectivity index (χ1) is 13.9. The number of nitrogens with zero attached hydrogens (tertiary/aromatic N) is 2. The summed E-state index contributed by atoms with van der Waals surface area (Å²) >= 11 is 3.42. The first-order valence-electron chi connectivity index (χ1n) is 10.0. The Morgan fingerprint density at radius 2 is 1.69 bits per heavy atom. The van der Waals surface area contributed by atoms with Crippen LogP contribution >= 0.6 is 15.9 Å². The number of halogens is 1. The number of benzene rings is 2. The van der Waals surface area contributed by atoms with Crippen LogP contribution in [0.15, 0.2) is 59.1 Å². The Labute approximate surface area is 180 Å². The van der Waals surface area contributed by atoms with Crippen molar-refractivity contribution in [3.8, 4) is 0 Å². The van der Waals surface area contributed by atoms with Gasteiger partial charge in [-0.05, 0) is 55.7 Å². The average Bonchev–Trinajstić information content (AvgIpc) is 2.71. The number of carbonyl (C=O) groups excluding carboxylic acids is 2. The second-order valence-electron chi connectivity index (χ2n) is 8.24. The molecule has 4 nitrogen and oxygen atoms in total. The van der Waals surface area contributed by atoms with Crippen LogP contribution in [0.4, 0.5) is 0 Å². The van der Waals surface area contributed by atoms with Gasteiger partial charge in [0.1, 0.15) is 0 Å². The van der Waals surface area contributed by atoms with E-state index in [0.717, 1.165) is 60.2 Å². The molecular formula is C24H25BrN2O2. The molecule has 0 aromatic heterocycles. The molecule has 0 radical (unpaired) electrons. The van der Waals surface area contributed by atoms with Crippen molar-refractivity contribution in [2.24, 2.45) is 5.41 Å². The molecular weight excluding hydrogens is 428 g/mol. The number of hydrogen-bond donors (Lipinski definition) is 0. The largest absolute Gasteiger partial charge is 0.339 e. The molecule has 4 rings (SSSR count). The third-order valence-corrected chi connectivity index (χ3v) is 6.56. The molecule has 150 valence electrons. The molecule has 2 aromatic carbocycles. The highest BCUT2D eigenvalue weighted by Crippen LogP contribution is 2.41. The van der Waals surface area contributed by atoms with Crippen molar-refractivity contribution in [2.45, 2.75) is 19.8 Å². The summed E-state index contributed by atoms with van der Waals surface area (Å²) in [5.41, 5.74) is 3.07. The zero-order valence-electron chi connectivity index (χ0n) is 16.6. The minimum Gasteiger partial charge on any atom is -0.339 e. The first kappa shape index (κ1) is 19.9. The van der Waals surface area contributed by atoms with E-state index in [2.05, 4.69) is 15.9 Å². The number of hydrogen-bond acceptors (Lipinski definition) is 2. The first-order valence-corrected chi connectivity index (χ1v) is 10.8. The molecule has 2 fully saturated rings. The Morgan fingerprint density at radius 3 is 2.34 bits per heavy atom. The Morgan fingerprint density at radius 1 is 1.00 bits per heavy atom. The van der Waals surface area contributed by atoms with Gasteiger partial charge in [-0.15, -0.1) is 0 Å². The Kier molecular flexibility index (Phi) is 5.59. The molecule has 5 heteroatoms. The van der Waals surface area contributed by atoms with E-state index in [-0.39, 0.29) is 17.2 Å². The fourth-order valence-electron chi connectivity index (χ4n) is 4.23. The Balaban J connectivity index is 1.28. The molecule has 0 atom stereocenters. The number of aryl methyl sites for hydroxylation is 1. The topological polar surface area (TPSA) is 40.6 Å². The van der Waals surface area contributed by atoms with Crippen LogP contribution in [-0.2, 0) is 4.79 Å². The molecule has 0 N–H and O–H groups in total. The fourth-order valence-corrected chi connectivity index (χ4v) is 4.50. The molecule has 0 unspecified atom stereocenters. The highest BCUT2D eigenvalue weighted by molar-refractivity contribution is 9.10. The number of carbonyl (C=O) groups is 2. The maximum absolute atomic E-state index is 12.7. The molecule has 1 spiro atoms. The van der Waals surface area contributed by atoms with Crippen LogP contribution in [0.25, 0.3) is 6.08 Å². The van der Waals surface area contributed by atoms with Crippen molar-refractivity contribution in [2.75, 3.05) is 26.2 Å². The third kappa shape index (κ3) is 4.45. The molecule has 2 aliphatic rings. The van der Waals surface area contributed by atoms with Gasteiger partial charge in [0.15, 0.2) is 0 Å². The fraction of sp³-hybridized carbons (Fsp3) is 0.333. The summed E-state index contributed by atoms with van der Waals surface area (Å²) in [6.07, 6.45) is 5.45. The van der Waals surface area contributed by atoms with Crippen LogP contribution in [0, 0.1) is 12.3 Å². The molecule has 2 amide bonds. The highest BCUT2D eigenvalue weighted by atomic mass is 79.9. The zero-order chi connectivity index (χ0) is 20.4. The maximum atomic E-state index is 12.7. The summed E-state index contributed by atoms with van der Waals surface area (Å²) in [6, 6.07) is 15.7. The normalized spacial score (nSPS) is 18.1. The van der Waals surface area contributed by atoms with Gasteiger partial charge in [0.05, 0.1) is 0 Å². The minimum atomic E-state index is 0.0646. The molecule has 0 aliphatic carbocycles. The van der Waals surface area contributed by atoms with Gasteiger partial charge in [-0.2, -0.15) is 0 Å². The van der Waals surface area contributed by atoms with Crippen molar-refractivity contribution in [3.63, 3.8) is 0 Å². The Bertz CT molecular complexity index is 936. The highest BCUT2D eigenvalue weighted by Gasteiger charge is 2.47. The van der Waals surface area contributed by atoms with Gasteiger partial charge in [0.25, 0.3) is 5.91 Å². The number of amides is 2. The number of rotatable bonds is 3. The molecule has 2 saturated heterocycles. The van der Waals surface area contributed by atoms with E-state index in [0.29, 0.717) is 0 Å². The molecule has 2 aliphatic heterocycles. The lowest BCUT2D eigenvalue weighted by molar-refractivity contribution is -0.130. The van der Waals surface area contributed by atoms with Crippen LogP contribution < -0.4 is 0 Å². The molecule has 0 saturated carbocycles. The SMILES string of the molecule is Cc1cccc(C(=O)N2CC3(CCN(C(=O)C=Cc4ccc(Br)cc4)CC3)C2)c1. The predicted molar refractivity (Wildman–Crippen MR) is 119 cm³/mol. The molecule has 2 heterocycles. The summed E-state index contributed by atoms with van der Waals surface area (Å²) in [4.78, 5) is 29.0. The second-order valence-corrected chi connectivity index (χ2v) is 9.16. The lowest BCUT2D eigenvalue weighted by Gasteiger charge is -2.53. The molecule has 2 aromatic rings. The monoisotopic (exact) mass is 452 g/mol. The van der Waals surface area contributed by atoms with Crippen molar-refractivity contribution in [1.29, 1.82) is 0 Å². The zero-order valence-corrected chi connectivity index (χ0v) is 18.2. The van der Waals surface area contributed by atoms with Gasteiger partial charge in [0, 0.05) is 47.7 Å². The molecule has 0 bridgehead atoms. The average molecular weight is 453 g/mol. The summed E-state index contributed by atoms with van der Waals surface area (Å²) in [5.74, 6) is 0.185. The third-order valence-electron chi connectivity index (χ3n) is 6.03. The van der Waals surface area contributed by atoms with Crippen LogP contribution in [0.5, 0.6) is 0 Å². The van der Waals surface area contributed by atoms with Gasteiger partial charge in [-0.25, -0.2) is 0 Å². The van der Waals surface area contributed by atoms with E-state index in [4.69, 9.17) is 0 Å². The summed E-state index contributed by atoms with van der Waals surface area (Å²) in [7, 11) is 0. The summed E-state index contributed by atoms with van der Waals surface area (Å²) < 4.78 is 1.03. The molecule has 29 heavy (non-hydrogen) atoms. The van der Waals surface area contributed by atoms with E-state index >= 15 is 0 Å². The van der Waals surface area contributed by atoms with Crippen LogP contribution in [-0.4, -0.2) is 47.8 Å². The van der Waals surface area contributed by atoms with Crippen molar-refractivity contribution in [3.05, 3.63) is 75.8 Å². The predicted octanol–water partition coefficient (Wildman–Crippen LogP) is 4.54. The van der Waals surface area contributed by atoms with Crippen LogP contribution in [0.3, 0.4) is 0 Å². The van der Waals surface area contributed by atoms with Gasteiger partial charge >= 0.3 is 0 Å². The summed E-state index contributed by atoms with van der Waals surface area (Å²) in [5, 5.41) is 0. The maximum Gasteiger partial charge on any atom is 0.253 e. The second kappa shape index (κ2) is 8.15. The van der Waals surface area contributed by atoms with Crippen LogP contribution in [0.1, 0.15) is 34.3 Å². The van der Waals surface area contributed by atoms with Gasteiger partial charge < -0.3 is 9.80 Å². The lowest BCUT2D eigenvalue weighted by Crippen LogP contribution is -2.62. The number of piperidine rings is 1. The smallest absolute Gasteiger partial charge is 0.253 e. The van der Waals surface area contributed by atoms with Gasteiger partial charge in [-0.1, -0.05) is 45.8 Å². The van der Waals surface area contributed by atoms with Gasteiger partial charge in [0.2, 0.25) is 5.91 Å². The van der Waals surface area contributed by atoms with Crippen molar-refractivity contribution >= 4 is 33.8 Å². The lowest BCUT2D eigenvalue weighted by atomic mass is 9.71. The summed E-state index contributed by atoms with van der Waals surface area (Å²) in [6.45, 7) is 5.13. The van der Waals surface area contributed by atoms with E-state index in [1.807, 2.05) is 71.3 Å². The van der Waals surface area contributed by atoms with E-state index in [1.165, 1.54) is 0 Å². The Hall–Kier alpha value is -2.40. The standard InChI is InChI=1S/C24H25BrN2O2/c1-18-3-2-4-20(15-18)23(29)27-16-24(17-27)11-13-26(14-12-24)22(28)10-7-19-5-8-21(25)9-6-19/h2-10,15H,11-14,16-17H2,1H3.